The third-order valence-electron chi connectivity index (χ3n) is 3.04. The Kier molecular flexibility index (Phi) is 4.07. The topological polar surface area (TPSA) is 20.2 Å². The monoisotopic (exact) mass is 170 g/mol. The zero-order chi connectivity index (χ0) is 8.97. The van der Waals surface area contributed by atoms with Crippen molar-refractivity contribution < 1.29 is 5.11 Å². The van der Waals surface area contributed by atoms with Gasteiger partial charge in [-0.3, -0.25) is 0 Å². The van der Waals surface area contributed by atoms with Crippen LogP contribution in [0.2, 0.25) is 0 Å². The van der Waals surface area contributed by atoms with E-state index in [1.807, 2.05) is 6.92 Å². The Morgan fingerprint density at radius 1 is 1.42 bits per heavy atom. The second-order valence-electron chi connectivity index (χ2n) is 4.56. The van der Waals surface area contributed by atoms with Crippen molar-refractivity contribution in [1.82, 2.24) is 0 Å². The van der Waals surface area contributed by atoms with E-state index in [9.17, 15) is 0 Å². The highest BCUT2D eigenvalue weighted by atomic mass is 16.3. The Balaban J connectivity index is 2.14. The quantitative estimate of drug-likeness (QED) is 0.690. The van der Waals surface area contributed by atoms with E-state index in [1.165, 1.54) is 32.1 Å². The lowest BCUT2D eigenvalue weighted by Crippen LogP contribution is -2.14. The van der Waals surface area contributed by atoms with Crippen LogP contribution in [0.3, 0.4) is 0 Å². The maximum atomic E-state index is 9.15. The van der Waals surface area contributed by atoms with Crippen molar-refractivity contribution in [3.8, 4) is 0 Å². The highest BCUT2D eigenvalue weighted by Crippen LogP contribution is 2.31. The number of aliphatic hydroxyl groups excluding tert-OH is 1. The summed E-state index contributed by atoms with van der Waals surface area (Å²) in [6.45, 7) is 4.25. The zero-order valence-electron chi connectivity index (χ0n) is 8.42. The van der Waals surface area contributed by atoms with Crippen molar-refractivity contribution in [2.24, 2.45) is 11.8 Å². The van der Waals surface area contributed by atoms with Crippen LogP contribution in [0.1, 0.15) is 52.4 Å². The molecule has 1 fully saturated rings. The summed E-state index contributed by atoms with van der Waals surface area (Å²) in [6.07, 6.45) is 7.77. The molecule has 1 aliphatic carbocycles. The van der Waals surface area contributed by atoms with Crippen LogP contribution >= 0.6 is 0 Å². The van der Waals surface area contributed by atoms with Gasteiger partial charge in [0.1, 0.15) is 0 Å². The van der Waals surface area contributed by atoms with Crippen LogP contribution in [-0.4, -0.2) is 11.2 Å². The van der Waals surface area contributed by atoms with Gasteiger partial charge in [-0.25, -0.2) is 0 Å². The first kappa shape index (κ1) is 10.0. The van der Waals surface area contributed by atoms with Crippen molar-refractivity contribution in [2.45, 2.75) is 58.5 Å². The highest BCUT2D eigenvalue weighted by Gasteiger charge is 2.18. The minimum Gasteiger partial charge on any atom is -0.393 e. The van der Waals surface area contributed by atoms with Gasteiger partial charge in [-0.05, 0) is 38.0 Å². The molecule has 1 heteroatoms. The minimum absolute atomic E-state index is 0.0952. The molecule has 1 N–H and O–H groups in total. The van der Waals surface area contributed by atoms with E-state index in [0.717, 1.165) is 18.3 Å². The Morgan fingerprint density at radius 3 is 2.75 bits per heavy atom. The second-order valence-corrected chi connectivity index (χ2v) is 4.56. The van der Waals surface area contributed by atoms with E-state index in [1.54, 1.807) is 0 Å². The first-order valence-electron chi connectivity index (χ1n) is 5.36. The van der Waals surface area contributed by atoms with Crippen molar-refractivity contribution in [3.05, 3.63) is 0 Å². The van der Waals surface area contributed by atoms with Crippen molar-refractivity contribution >= 4 is 0 Å². The molecule has 1 rings (SSSR count). The molecule has 0 bridgehead atoms. The summed E-state index contributed by atoms with van der Waals surface area (Å²) < 4.78 is 0. The van der Waals surface area contributed by atoms with Gasteiger partial charge < -0.3 is 5.11 Å². The molecule has 0 aromatic heterocycles. The van der Waals surface area contributed by atoms with Crippen LogP contribution in [0.15, 0.2) is 0 Å². The Bertz CT molecular complexity index is 120. The van der Waals surface area contributed by atoms with Crippen molar-refractivity contribution in [3.63, 3.8) is 0 Å². The van der Waals surface area contributed by atoms with Gasteiger partial charge in [0.2, 0.25) is 0 Å². The lowest BCUT2D eigenvalue weighted by molar-refractivity contribution is 0.161. The van der Waals surface area contributed by atoms with Crippen LogP contribution in [0.4, 0.5) is 0 Å². The average Bonchev–Trinajstić information content (AvgIpc) is 2.01. The van der Waals surface area contributed by atoms with Gasteiger partial charge in [-0.15, -0.1) is 0 Å². The zero-order valence-corrected chi connectivity index (χ0v) is 8.42. The van der Waals surface area contributed by atoms with E-state index < -0.39 is 0 Å². The van der Waals surface area contributed by atoms with Gasteiger partial charge in [-0.2, -0.15) is 0 Å². The highest BCUT2D eigenvalue weighted by molar-refractivity contribution is 4.70. The van der Waals surface area contributed by atoms with Gasteiger partial charge in [0.05, 0.1) is 6.10 Å². The van der Waals surface area contributed by atoms with Crippen LogP contribution in [0.25, 0.3) is 0 Å². The predicted molar refractivity (Wildman–Crippen MR) is 52.0 cm³/mol. The molecule has 0 amide bonds. The van der Waals surface area contributed by atoms with E-state index in [2.05, 4.69) is 6.92 Å². The molecular weight excluding hydrogens is 148 g/mol. The molecule has 3 unspecified atom stereocenters. The van der Waals surface area contributed by atoms with E-state index in [0.29, 0.717) is 0 Å². The second kappa shape index (κ2) is 4.86. The first-order valence-corrected chi connectivity index (χ1v) is 5.36. The summed E-state index contributed by atoms with van der Waals surface area (Å²) in [4.78, 5) is 0. The Morgan fingerprint density at radius 2 is 2.17 bits per heavy atom. The average molecular weight is 170 g/mol. The maximum absolute atomic E-state index is 9.15. The smallest absolute Gasteiger partial charge is 0.0512 e. The van der Waals surface area contributed by atoms with Crippen molar-refractivity contribution in [1.29, 1.82) is 0 Å². The molecule has 0 radical (unpaired) electrons. The first-order chi connectivity index (χ1) is 5.68. The summed E-state index contributed by atoms with van der Waals surface area (Å²) in [6, 6.07) is 0. The van der Waals surface area contributed by atoms with Crippen LogP contribution in [-0.2, 0) is 0 Å². The molecule has 0 heterocycles. The summed E-state index contributed by atoms with van der Waals surface area (Å²) in [5, 5.41) is 9.15. The maximum Gasteiger partial charge on any atom is 0.0512 e. The molecule has 1 nitrogen and oxygen atoms in total. The van der Waals surface area contributed by atoms with E-state index in [4.69, 9.17) is 5.11 Å². The predicted octanol–water partition coefficient (Wildman–Crippen LogP) is 2.97. The fourth-order valence-electron chi connectivity index (χ4n) is 2.30. The number of rotatable bonds is 3. The van der Waals surface area contributed by atoms with E-state index in [-0.39, 0.29) is 6.10 Å². The van der Waals surface area contributed by atoms with Gasteiger partial charge in [-0.1, -0.05) is 26.2 Å². The molecule has 0 aromatic rings. The molecule has 12 heavy (non-hydrogen) atoms. The molecule has 1 aliphatic rings. The SMILES string of the molecule is CC(O)CCC1CCCC(C)C1. The molecule has 0 spiro atoms. The summed E-state index contributed by atoms with van der Waals surface area (Å²) in [5.74, 6) is 1.83. The molecule has 3 atom stereocenters. The Hall–Kier alpha value is -0.0400. The van der Waals surface area contributed by atoms with Crippen molar-refractivity contribution in [2.75, 3.05) is 0 Å². The number of hydrogen-bond donors (Lipinski definition) is 1. The standard InChI is InChI=1S/C11H22O/c1-9-4-3-5-11(8-9)7-6-10(2)12/h9-12H,3-8H2,1-2H3. The largest absolute Gasteiger partial charge is 0.393 e. The third-order valence-corrected chi connectivity index (χ3v) is 3.04. The normalized spacial score (nSPS) is 33.2. The molecule has 1 saturated carbocycles. The lowest BCUT2D eigenvalue weighted by atomic mass is 9.80. The molecule has 72 valence electrons. The lowest BCUT2D eigenvalue weighted by Gasteiger charge is -2.26. The van der Waals surface area contributed by atoms with Gasteiger partial charge >= 0.3 is 0 Å². The van der Waals surface area contributed by atoms with Crippen LogP contribution < -0.4 is 0 Å². The fraction of sp³-hybridized carbons (Fsp3) is 1.00. The fourth-order valence-corrected chi connectivity index (χ4v) is 2.30. The van der Waals surface area contributed by atoms with Gasteiger partial charge in [0.25, 0.3) is 0 Å². The van der Waals surface area contributed by atoms with Crippen LogP contribution in [0.5, 0.6) is 0 Å². The van der Waals surface area contributed by atoms with Crippen LogP contribution in [0, 0.1) is 11.8 Å². The number of aliphatic hydroxyl groups is 1. The summed E-state index contributed by atoms with van der Waals surface area (Å²) >= 11 is 0. The summed E-state index contributed by atoms with van der Waals surface area (Å²) in [5.41, 5.74) is 0. The van der Waals surface area contributed by atoms with Gasteiger partial charge in [0.15, 0.2) is 0 Å². The number of hydrogen-bond acceptors (Lipinski definition) is 1. The van der Waals surface area contributed by atoms with Gasteiger partial charge in [0, 0.05) is 0 Å². The molecule has 0 aliphatic heterocycles. The molecular formula is C11H22O. The van der Waals surface area contributed by atoms with E-state index >= 15 is 0 Å². The molecule has 0 saturated heterocycles. The third kappa shape index (κ3) is 3.57. The molecule has 0 aromatic carbocycles. The Labute approximate surface area is 76.2 Å². The summed E-state index contributed by atoms with van der Waals surface area (Å²) in [7, 11) is 0. The minimum atomic E-state index is -0.0952.